The molecule has 100 valence electrons. The molecule has 0 atom stereocenters. The van der Waals surface area contributed by atoms with Crippen LogP contribution in [0.2, 0.25) is 5.02 Å². The number of nitrogens with one attached hydrogen (secondary N) is 1. The molecule has 0 unspecified atom stereocenters. The summed E-state index contributed by atoms with van der Waals surface area (Å²) in [6, 6.07) is 6.78. The lowest BCUT2D eigenvalue weighted by Gasteiger charge is -2.15. The first-order chi connectivity index (χ1) is 9.29. The fourth-order valence-corrected chi connectivity index (χ4v) is 2.60. The van der Waals surface area contributed by atoms with E-state index in [1.54, 1.807) is 0 Å². The third-order valence-electron chi connectivity index (χ3n) is 3.50. The summed E-state index contributed by atoms with van der Waals surface area (Å²) >= 11 is 6.40. The number of hydrogen-bond donors (Lipinski definition) is 1. The Morgan fingerprint density at radius 3 is 3.00 bits per heavy atom. The minimum Gasteiger partial charge on any atom is -0.310 e. The Balaban J connectivity index is 1.97. The van der Waals surface area contributed by atoms with Crippen LogP contribution in [-0.4, -0.2) is 15.6 Å². The summed E-state index contributed by atoms with van der Waals surface area (Å²) in [4.78, 5) is 4.38. The number of nitrogens with zero attached hydrogens (tertiary/aromatic N) is 2. The average molecular weight is 276 g/mol. The van der Waals surface area contributed by atoms with Gasteiger partial charge >= 0.3 is 0 Å². The van der Waals surface area contributed by atoms with Gasteiger partial charge in [0.2, 0.25) is 0 Å². The highest BCUT2D eigenvalue weighted by Gasteiger charge is 2.21. The molecule has 0 radical (unpaired) electrons. The quantitative estimate of drug-likeness (QED) is 0.907. The Kier molecular flexibility index (Phi) is 3.58. The van der Waals surface area contributed by atoms with Crippen molar-refractivity contribution in [3.63, 3.8) is 0 Å². The van der Waals surface area contributed by atoms with Crippen molar-refractivity contribution in [1.82, 2.24) is 14.9 Å². The van der Waals surface area contributed by atoms with Crippen molar-refractivity contribution in [2.75, 3.05) is 0 Å². The highest BCUT2D eigenvalue weighted by molar-refractivity contribution is 6.32. The van der Waals surface area contributed by atoms with Gasteiger partial charge in [0.05, 0.1) is 10.7 Å². The molecule has 1 aliphatic carbocycles. The molecule has 1 aromatic carbocycles. The number of benzene rings is 1. The molecule has 3 rings (SSSR count). The monoisotopic (exact) mass is 275 g/mol. The van der Waals surface area contributed by atoms with Crippen molar-refractivity contribution in [3.05, 3.63) is 47.0 Å². The number of hydrogen-bond acceptors (Lipinski definition) is 2. The topological polar surface area (TPSA) is 29.9 Å². The molecule has 1 fully saturated rings. The summed E-state index contributed by atoms with van der Waals surface area (Å²) in [5.41, 5.74) is 2.29. The lowest BCUT2D eigenvalue weighted by atomic mass is 10.1. The maximum Gasteiger partial charge on any atom is 0.112 e. The van der Waals surface area contributed by atoms with Gasteiger partial charge in [0.25, 0.3) is 0 Å². The zero-order chi connectivity index (χ0) is 13.2. The van der Waals surface area contributed by atoms with E-state index < -0.39 is 0 Å². The maximum atomic E-state index is 6.40. The summed E-state index contributed by atoms with van der Waals surface area (Å²) in [6.45, 7) is 2.97. The van der Waals surface area contributed by atoms with Gasteiger partial charge in [-0.05, 0) is 24.5 Å². The van der Waals surface area contributed by atoms with Crippen LogP contribution in [0.3, 0.4) is 0 Å². The highest BCUT2D eigenvalue weighted by atomic mass is 35.5. The van der Waals surface area contributed by atoms with Crippen molar-refractivity contribution in [2.45, 2.75) is 38.8 Å². The Labute approximate surface area is 118 Å². The Morgan fingerprint density at radius 2 is 2.26 bits per heavy atom. The fourth-order valence-electron chi connectivity index (χ4n) is 2.31. The van der Waals surface area contributed by atoms with Gasteiger partial charge in [0, 0.05) is 31.4 Å². The second kappa shape index (κ2) is 5.35. The number of imidazole rings is 1. The van der Waals surface area contributed by atoms with Gasteiger partial charge < -0.3 is 9.88 Å². The molecule has 0 spiro atoms. The van der Waals surface area contributed by atoms with Crippen LogP contribution in [0.5, 0.6) is 0 Å². The normalized spacial score (nSPS) is 14.8. The number of rotatable bonds is 5. The largest absolute Gasteiger partial charge is 0.310 e. The molecule has 1 heterocycles. The molecular weight excluding hydrogens is 258 g/mol. The Morgan fingerprint density at radius 1 is 1.42 bits per heavy atom. The summed E-state index contributed by atoms with van der Waals surface area (Å²) in [6.07, 6.45) is 7.30. The molecular formula is C15H18ClN3. The minimum atomic E-state index is 0.695. The van der Waals surface area contributed by atoms with E-state index in [-0.39, 0.29) is 0 Å². The number of halogens is 1. The third kappa shape index (κ3) is 2.67. The zero-order valence-corrected chi connectivity index (χ0v) is 11.8. The highest BCUT2D eigenvalue weighted by Crippen LogP contribution is 2.27. The van der Waals surface area contributed by atoms with Gasteiger partial charge in [-0.15, -0.1) is 0 Å². The second-order valence-electron chi connectivity index (χ2n) is 4.97. The van der Waals surface area contributed by atoms with Crippen molar-refractivity contribution < 1.29 is 0 Å². The average Bonchev–Trinajstić information content (AvgIpc) is 3.13. The molecule has 2 aromatic rings. The summed E-state index contributed by atoms with van der Waals surface area (Å²) < 4.78 is 2.10. The number of aromatic nitrogens is 2. The van der Waals surface area contributed by atoms with Gasteiger partial charge in [-0.3, -0.25) is 0 Å². The maximum absolute atomic E-state index is 6.40. The molecule has 0 bridgehead atoms. The first-order valence-corrected chi connectivity index (χ1v) is 7.20. The molecule has 0 aliphatic heterocycles. The van der Waals surface area contributed by atoms with E-state index >= 15 is 0 Å². The van der Waals surface area contributed by atoms with Crippen molar-refractivity contribution in [2.24, 2.45) is 0 Å². The van der Waals surface area contributed by atoms with E-state index in [1.165, 1.54) is 18.4 Å². The van der Waals surface area contributed by atoms with E-state index in [1.807, 2.05) is 24.5 Å². The van der Waals surface area contributed by atoms with Crippen LogP contribution in [-0.2, 0) is 13.0 Å². The fraction of sp³-hybridized carbons (Fsp3) is 0.400. The predicted octanol–water partition coefficient (Wildman–Crippen LogP) is 3.34. The van der Waals surface area contributed by atoms with Crippen LogP contribution in [0.15, 0.2) is 30.6 Å². The van der Waals surface area contributed by atoms with E-state index in [9.17, 15) is 0 Å². The first-order valence-electron chi connectivity index (χ1n) is 6.83. The molecule has 0 saturated heterocycles. The van der Waals surface area contributed by atoms with Crippen LogP contribution < -0.4 is 5.32 Å². The predicted molar refractivity (Wildman–Crippen MR) is 77.8 cm³/mol. The molecule has 4 heteroatoms. The smallest absolute Gasteiger partial charge is 0.112 e. The Hall–Kier alpha value is -1.32. The molecule has 1 N–H and O–H groups in total. The molecule has 1 aromatic heterocycles. The van der Waals surface area contributed by atoms with Crippen molar-refractivity contribution >= 4 is 11.6 Å². The van der Waals surface area contributed by atoms with E-state index in [2.05, 4.69) is 27.9 Å². The SMILES string of the molecule is CCc1nccn1-c1c(Cl)cccc1CNC1CC1. The van der Waals surface area contributed by atoms with Crippen molar-refractivity contribution in [1.29, 1.82) is 0 Å². The van der Waals surface area contributed by atoms with Crippen LogP contribution in [0.25, 0.3) is 5.69 Å². The molecule has 1 aliphatic rings. The van der Waals surface area contributed by atoms with E-state index in [0.717, 1.165) is 29.5 Å². The van der Waals surface area contributed by atoms with E-state index in [4.69, 9.17) is 11.6 Å². The summed E-state index contributed by atoms with van der Waals surface area (Å²) in [5, 5.41) is 4.33. The minimum absolute atomic E-state index is 0.695. The summed E-state index contributed by atoms with van der Waals surface area (Å²) in [5.74, 6) is 1.04. The van der Waals surface area contributed by atoms with Gasteiger partial charge in [-0.25, -0.2) is 4.98 Å². The lowest BCUT2D eigenvalue weighted by Crippen LogP contribution is -2.17. The zero-order valence-electron chi connectivity index (χ0n) is 11.1. The first kappa shape index (κ1) is 12.7. The standard InChI is InChI=1S/C15H18ClN3/c1-2-14-17-8-9-19(14)15-11(4-3-5-13(15)16)10-18-12-6-7-12/h3-5,8-9,12,18H,2,6-7,10H2,1H3. The second-order valence-corrected chi connectivity index (χ2v) is 5.38. The molecule has 0 amide bonds. The summed E-state index contributed by atoms with van der Waals surface area (Å²) in [7, 11) is 0. The van der Waals surface area contributed by atoms with Crippen LogP contribution in [0, 0.1) is 0 Å². The number of para-hydroxylation sites is 1. The molecule has 3 nitrogen and oxygen atoms in total. The Bertz CT molecular complexity index is 573. The van der Waals surface area contributed by atoms with Crippen LogP contribution in [0.4, 0.5) is 0 Å². The van der Waals surface area contributed by atoms with Gasteiger partial charge in [-0.2, -0.15) is 0 Å². The molecule has 1 saturated carbocycles. The number of aryl methyl sites for hydroxylation is 1. The van der Waals surface area contributed by atoms with Gasteiger partial charge in [0.15, 0.2) is 0 Å². The lowest BCUT2D eigenvalue weighted by molar-refractivity contribution is 0.683. The van der Waals surface area contributed by atoms with Gasteiger partial charge in [-0.1, -0.05) is 30.7 Å². The van der Waals surface area contributed by atoms with Crippen LogP contribution >= 0.6 is 11.6 Å². The van der Waals surface area contributed by atoms with Gasteiger partial charge in [0.1, 0.15) is 5.82 Å². The third-order valence-corrected chi connectivity index (χ3v) is 3.81. The van der Waals surface area contributed by atoms with Crippen molar-refractivity contribution in [3.8, 4) is 5.69 Å². The molecule has 19 heavy (non-hydrogen) atoms. The van der Waals surface area contributed by atoms with E-state index in [0.29, 0.717) is 6.04 Å². The van der Waals surface area contributed by atoms with Crippen LogP contribution in [0.1, 0.15) is 31.2 Å².